The maximum absolute atomic E-state index is 13.7. The molecule has 0 bridgehead atoms. The van der Waals surface area contributed by atoms with Gasteiger partial charge in [-0.1, -0.05) is 71.0 Å². The molecular formula is C33H49N5O6. The van der Waals surface area contributed by atoms with Gasteiger partial charge in [0.25, 0.3) is 5.91 Å². The molecule has 4 amide bonds. The highest BCUT2D eigenvalue weighted by molar-refractivity contribution is 5.95. The van der Waals surface area contributed by atoms with Crippen LogP contribution >= 0.6 is 0 Å². The Labute approximate surface area is 261 Å². The van der Waals surface area contributed by atoms with E-state index in [1.165, 1.54) is 17.2 Å². The van der Waals surface area contributed by atoms with Crippen LogP contribution in [0.4, 0.5) is 4.79 Å². The number of aliphatic hydroxyl groups excluding tert-OH is 1. The summed E-state index contributed by atoms with van der Waals surface area (Å²) in [4.78, 5) is 57.4. The second-order valence-corrected chi connectivity index (χ2v) is 13.4. The fourth-order valence-electron chi connectivity index (χ4n) is 4.40. The van der Waals surface area contributed by atoms with Crippen molar-refractivity contribution in [2.75, 3.05) is 19.6 Å². The highest BCUT2D eigenvalue weighted by Gasteiger charge is 2.36. The lowest BCUT2D eigenvalue weighted by Gasteiger charge is -2.35. The van der Waals surface area contributed by atoms with E-state index in [0.717, 1.165) is 5.56 Å². The molecular weight excluding hydrogens is 562 g/mol. The number of benzene rings is 1. The first-order valence-corrected chi connectivity index (χ1v) is 14.9. The van der Waals surface area contributed by atoms with E-state index in [1.54, 1.807) is 53.7 Å². The molecule has 0 saturated carbocycles. The van der Waals surface area contributed by atoms with Gasteiger partial charge >= 0.3 is 6.09 Å². The lowest BCUT2D eigenvalue weighted by Crippen LogP contribution is -2.59. The van der Waals surface area contributed by atoms with Gasteiger partial charge in [0.15, 0.2) is 0 Å². The molecule has 11 nitrogen and oxygen atoms in total. The molecule has 3 atom stereocenters. The fraction of sp³-hybridized carbons (Fsp3) is 0.545. The summed E-state index contributed by atoms with van der Waals surface area (Å²) in [6.07, 6.45) is 0.0508. The number of ether oxygens (including phenoxy) is 1. The van der Waals surface area contributed by atoms with Crippen molar-refractivity contribution < 1.29 is 29.0 Å². The number of nitrogens with zero attached hydrogens (tertiary/aromatic N) is 2. The smallest absolute Gasteiger partial charge is 0.410 e. The van der Waals surface area contributed by atoms with E-state index >= 15 is 0 Å². The molecule has 0 spiro atoms. The average molecular weight is 612 g/mol. The van der Waals surface area contributed by atoms with Gasteiger partial charge in [0.1, 0.15) is 17.3 Å². The summed E-state index contributed by atoms with van der Waals surface area (Å²) in [7, 11) is 0. The van der Waals surface area contributed by atoms with Gasteiger partial charge < -0.3 is 30.7 Å². The van der Waals surface area contributed by atoms with Crippen LogP contribution in [0.25, 0.3) is 0 Å². The van der Waals surface area contributed by atoms with Crippen LogP contribution in [0.3, 0.4) is 0 Å². The minimum Gasteiger partial charge on any atom is -0.444 e. The highest BCUT2D eigenvalue weighted by Crippen LogP contribution is 2.21. The van der Waals surface area contributed by atoms with Crippen LogP contribution in [-0.2, 0) is 20.7 Å². The zero-order chi connectivity index (χ0) is 33.1. The third kappa shape index (κ3) is 12.7. The number of hydrogen-bond donors (Lipinski definition) is 4. The number of aromatic nitrogens is 1. The quantitative estimate of drug-likeness (QED) is 0.271. The minimum atomic E-state index is -1.15. The number of rotatable bonds is 13. The topological polar surface area (TPSA) is 150 Å². The van der Waals surface area contributed by atoms with Crippen LogP contribution in [0.5, 0.6) is 0 Å². The van der Waals surface area contributed by atoms with E-state index in [1.807, 2.05) is 44.2 Å². The SMILES string of the molecule is CC(C)CN(C[C@@H](O)[C@H](Cc1ccccc1)NC(=O)[C@@H](NC(=O)CNC(=O)c1ccccn1)C(C)(C)C)C(=O)OC(C)(C)C. The van der Waals surface area contributed by atoms with Gasteiger partial charge in [0.05, 0.1) is 25.2 Å². The predicted molar refractivity (Wildman–Crippen MR) is 169 cm³/mol. The Morgan fingerprint density at radius 3 is 2.09 bits per heavy atom. The molecule has 242 valence electrons. The second kappa shape index (κ2) is 16.2. The molecule has 2 aromatic rings. The van der Waals surface area contributed by atoms with Crippen molar-refractivity contribution in [2.24, 2.45) is 11.3 Å². The lowest BCUT2D eigenvalue weighted by atomic mass is 9.85. The standard InChI is InChI=1S/C33H49N5O6/c1-22(2)20-38(31(43)44-33(6,7)8)21-26(39)25(18-23-14-10-9-11-15-23)36-30(42)28(32(3,4)5)37-27(40)19-35-29(41)24-16-12-13-17-34-24/h9-17,22,25-26,28,39H,18-21H2,1-8H3,(H,35,41)(H,36,42)(H,37,40)/t25-,26+,28+/m0/s1. The van der Waals surface area contributed by atoms with Crippen LogP contribution in [0, 0.1) is 11.3 Å². The summed E-state index contributed by atoms with van der Waals surface area (Å²) >= 11 is 0. The number of hydrogen-bond acceptors (Lipinski definition) is 7. The van der Waals surface area contributed by atoms with Gasteiger partial charge in [-0.05, 0) is 56.2 Å². The molecule has 0 unspecified atom stereocenters. The molecule has 4 N–H and O–H groups in total. The Kier molecular flexibility index (Phi) is 13.3. The largest absolute Gasteiger partial charge is 0.444 e. The maximum Gasteiger partial charge on any atom is 0.410 e. The third-order valence-corrected chi connectivity index (χ3v) is 6.48. The van der Waals surface area contributed by atoms with E-state index in [0.29, 0.717) is 6.54 Å². The molecule has 0 aliphatic heterocycles. The second-order valence-electron chi connectivity index (χ2n) is 13.4. The van der Waals surface area contributed by atoms with Gasteiger partial charge in [-0.3, -0.25) is 19.4 Å². The number of carbonyl (C=O) groups excluding carboxylic acids is 4. The monoisotopic (exact) mass is 611 g/mol. The Bertz CT molecular complexity index is 1220. The van der Waals surface area contributed by atoms with Crippen LogP contribution in [-0.4, -0.2) is 82.2 Å². The first-order chi connectivity index (χ1) is 20.5. The van der Waals surface area contributed by atoms with Gasteiger partial charge in [0.2, 0.25) is 11.8 Å². The molecule has 44 heavy (non-hydrogen) atoms. The molecule has 1 aromatic heterocycles. The first-order valence-electron chi connectivity index (χ1n) is 14.9. The van der Waals surface area contributed by atoms with E-state index in [9.17, 15) is 24.3 Å². The summed E-state index contributed by atoms with van der Waals surface area (Å²) in [6.45, 7) is 14.6. The van der Waals surface area contributed by atoms with Crippen molar-refractivity contribution in [1.82, 2.24) is 25.8 Å². The summed E-state index contributed by atoms with van der Waals surface area (Å²) in [5.41, 5.74) is -0.392. The van der Waals surface area contributed by atoms with Gasteiger partial charge in [-0.25, -0.2) is 4.79 Å². The van der Waals surface area contributed by atoms with Crippen LogP contribution in [0.15, 0.2) is 54.7 Å². The van der Waals surface area contributed by atoms with Crippen LogP contribution in [0.2, 0.25) is 0 Å². The Morgan fingerprint density at radius 1 is 0.909 bits per heavy atom. The highest BCUT2D eigenvalue weighted by atomic mass is 16.6. The van der Waals surface area contributed by atoms with Gasteiger partial charge in [-0.2, -0.15) is 0 Å². The summed E-state index contributed by atoms with van der Waals surface area (Å²) < 4.78 is 5.58. The zero-order valence-corrected chi connectivity index (χ0v) is 27.2. The molecule has 0 aliphatic carbocycles. The molecule has 0 fully saturated rings. The number of nitrogens with one attached hydrogen (secondary N) is 3. The van der Waals surface area contributed by atoms with Crippen molar-refractivity contribution in [3.63, 3.8) is 0 Å². The molecule has 0 saturated heterocycles. The number of amides is 4. The van der Waals surface area contributed by atoms with E-state index in [-0.39, 0.29) is 31.1 Å². The molecule has 0 aliphatic rings. The zero-order valence-electron chi connectivity index (χ0n) is 27.2. The number of pyridine rings is 1. The Morgan fingerprint density at radius 2 is 1.55 bits per heavy atom. The van der Waals surface area contributed by atoms with Crippen molar-refractivity contribution in [2.45, 2.75) is 85.6 Å². The van der Waals surface area contributed by atoms with E-state index in [2.05, 4.69) is 20.9 Å². The molecule has 0 radical (unpaired) electrons. The fourth-order valence-corrected chi connectivity index (χ4v) is 4.40. The average Bonchev–Trinajstić information content (AvgIpc) is 2.93. The number of carbonyl (C=O) groups is 4. The van der Waals surface area contributed by atoms with Crippen molar-refractivity contribution in [1.29, 1.82) is 0 Å². The third-order valence-electron chi connectivity index (χ3n) is 6.48. The van der Waals surface area contributed by atoms with Crippen molar-refractivity contribution >= 4 is 23.8 Å². The molecule has 2 rings (SSSR count). The predicted octanol–water partition coefficient (Wildman–Crippen LogP) is 3.32. The summed E-state index contributed by atoms with van der Waals surface area (Å²) in [5.74, 6) is -1.47. The Hall–Kier alpha value is -3.99. The van der Waals surface area contributed by atoms with Crippen LogP contribution in [0.1, 0.15) is 71.4 Å². The van der Waals surface area contributed by atoms with E-state index in [4.69, 9.17) is 4.74 Å². The van der Waals surface area contributed by atoms with E-state index < -0.39 is 53.0 Å². The van der Waals surface area contributed by atoms with Gasteiger partial charge in [0, 0.05) is 12.7 Å². The molecule has 1 aromatic carbocycles. The van der Waals surface area contributed by atoms with Gasteiger partial charge in [-0.15, -0.1) is 0 Å². The maximum atomic E-state index is 13.7. The normalized spacial score (nSPS) is 13.8. The number of aliphatic hydroxyl groups is 1. The summed E-state index contributed by atoms with van der Waals surface area (Å²) in [5, 5.41) is 19.6. The summed E-state index contributed by atoms with van der Waals surface area (Å²) in [6, 6.07) is 12.5. The Balaban J connectivity index is 2.23. The minimum absolute atomic E-state index is 0.0725. The lowest BCUT2D eigenvalue weighted by molar-refractivity contribution is -0.132. The van der Waals surface area contributed by atoms with Crippen molar-refractivity contribution in [3.05, 3.63) is 66.0 Å². The van der Waals surface area contributed by atoms with Crippen LogP contribution < -0.4 is 16.0 Å². The van der Waals surface area contributed by atoms with Crippen molar-refractivity contribution in [3.8, 4) is 0 Å². The molecule has 1 heterocycles. The first kappa shape index (κ1) is 36.2. The molecule has 11 heteroatoms.